The van der Waals surface area contributed by atoms with Gasteiger partial charge in [-0.2, -0.15) is 11.8 Å². The quantitative estimate of drug-likeness (QED) is 0.757. The summed E-state index contributed by atoms with van der Waals surface area (Å²) in [7, 11) is 1.83. The molecule has 15 heavy (non-hydrogen) atoms. The number of amides is 2. The summed E-state index contributed by atoms with van der Waals surface area (Å²) in [5.74, 6) is 1.16. The van der Waals surface area contributed by atoms with Crippen molar-refractivity contribution in [2.24, 2.45) is 5.92 Å². The number of carbonyl (C=O) groups is 2. The molecule has 2 amide bonds. The molecule has 0 aromatic rings. The maximum Gasteiger partial charge on any atom is 0.227 e. The number of rotatable bonds is 4. The first-order valence-corrected chi connectivity index (χ1v) is 6.55. The largest absolute Gasteiger partial charge is 0.355 e. The molecule has 1 atom stereocenters. The van der Waals surface area contributed by atoms with E-state index in [1.54, 1.807) is 16.7 Å². The van der Waals surface area contributed by atoms with Crippen LogP contribution in [-0.2, 0) is 9.59 Å². The van der Waals surface area contributed by atoms with Gasteiger partial charge in [-0.15, -0.1) is 0 Å². The highest BCUT2D eigenvalue weighted by Gasteiger charge is 2.26. The Balaban J connectivity index is 2.35. The lowest BCUT2D eigenvalue weighted by molar-refractivity contribution is -0.136. The lowest BCUT2D eigenvalue weighted by atomic mass is 9.98. The molecule has 1 aliphatic rings. The summed E-state index contributed by atoms with van der Waals surface area (Å²) < 4.78 is 0. The van der Waals surface area contributed by atoms with Gasteiger partial charge in [0.05, 0.1) is 5.92 Å². The molecular formula is C10H18N2O2S. The zero-order chi connectivity index (χ0) is 11.3. The summed E-state index contributed by atoms with van der Waals surface area (Å²) in [4.78, 5) is 24.6. The molecule has 0 bridgehead atoms. The molecule has 1 rings (SSSR count). The summed E-state index contributed by atoms with van der Waals surface area (Å²) >= 11 is 1.73. The molecule has 1 fully saturated rings. The Hall–Kier alpha value is -0.710. The fourth-order valence-corrected chi connectivity index (χ4v) is 2.05. The number of nitrogens with one attached hydrogen (secondary N) is 1. The molecular weight excluding hydrogens is 212 g/mol. The van der Waals surface area contributed by atoms with Crippen LogP contribution in [0.1, 0.15) is 12.8 Å². The highest BCUT2D eigenvalue weighted by atomic mass is 32.2. The summed E-state index contributed by atoms with van der Waals surface area (Å²) in [6.07, 6.45) is 3.19. The monoisotopic (exact) mass is 230 g/mol. The third-order valence-corrected chi connectivity index (χ3v) is 3.21. The molecule has 0 aliphatic carbocycles. The highest BCUT2D eigenvalue weighted by molar-refractivity contribution is 7.98. The zero-order valence-corrected chi connectivity index (χ0v) is 10.1. The summed E-state index contributed by atoms with van der Waals surface area (Å²) in [6.45, 7) is 1.28. The molecule has 86 valence electrons. The molecule has 1 unspecified atom stereocenters. The van der Waals surface area contributed by atoms with Crippen molar-refractivity contribution in [1.82, 2.24) is 10.2 Å². The summed E-state index contributed by atoms with van der Waals surface area (Å²) in [5, 5.41) is 2.73. The van der Waals surface area contributed by atoms with Gasteiger partial charge in [-0.05, 0) is 12.7 Å². The fraction of sp³-hybridized carbons (Fsp3) is 0.800. The summed E-state index contributed by atoms with van der Waals surface area (Å²) in [6, 6.07) is 0. The predicted molar refractivity (Wildman–Crippen MR) is 61.8 cm³/mol. The Labute approximate surface area is 94.8 Å². The Morgan fingerprint density at radius 2 is 2.40 bits per heavy atom. The molecule has 4 nitrogen and oxygen atoms in total. The molecule has 0 radical (unpaired) electrons. The van der Waals surface area contributed by atoms with Crippen LogP contribution in [0, 0.1) is 5.92 Å². The molecule has 0 spiro atoms. The molecule has 1 saturated heterocycles. The predicted octanol–water partition coefficient (Wildman–Crippen LogP) is 0.334. The number of thioether (sulfide) groups is 1. The van der Waals surface area contributed by atoms with Crippen molar-refractivity contribution >= 4 is 23.6 Å². The van der Waals surface area contributed by atoms with Crippen molar-refractivity contribution in [3.05, 3.63) is 0 Å². The maximum absolute atomic E-state index is 11.9. The van der Waals surface area contributed by atoms with E-state index in [0.717, 1.165) is 12.3 Å². The lowest BCUT2D eigenvalue weighted by Crippen LogP contribution is -2.44. The van der Waals surface area contributed by atoms with Gasteiger partial charge >= 0.3 is 0 Å². The van der Waals surface area contributed by atoms with Gasteiger partial charge in [0, 0.05) is 32.3 Å². The van der Waals surface area contributed by atoms with Crippen LogP contribution in [0.4, 0.5) is 0 Å². The average Bonchev–Trinajstić information content (AvgIpc) is 2.26. The van der Waals surface area contributed by atoms with Gasteiger partial charge in [-0.1, -0.05) is 0 Å². The van der Waals surface area contributed by atoms with Gasteiger partial charge in [-0.25, -0.2) is 0 Å². The van der Waals surface area contributed by atoms with E-state index in [9.17, 15) is 9.59 Å². The number of piperidine rings is 1. The van der Waals surface area contributed by atoms with Crippen molar-refractivity contribution in [2.45, 2.75) is 12.8 Å². The first-order chi connectivity index (χ1) is 7.15. The van der Waals surface area contributed by atoms with E-state index in [4.69, 9.17) is 0 Å². The standard InChI is InChI=1S/C10H18N2O2S/c1-12(5-6-15-2)10(14)8-3-4-9(13)11-7-8/h8H,3-7H2,1-2H3,(H,11,13). The van der Waals surface area contributed by atoms with Crippen LogP contribution in [-0.4, -0.2) is 48.9 Å². The SMILES string of the molecule is CSCCN(C)C(=O)C1CCC(=O)NC1. The van der Waals surface area contributed by atoms with Crippen LogP contribution >= 0.6 is 11.8 Å². The normalized spacial score (nSPS) is 20.9. The minimum absolute atomic E-state index is 0.0189. The van der Waals surface area contributed by atoms with Gasteiger partial charge in [-0.3, -0.25) is 9.59 Å². The average molecular weight is 230 g/mol. The number of carbonyl (C=O) groups excluding carboxylic acids is 2. The Morgan fingerprint density at radius 1 is 1.67 bits per heavy atom. The van der Waals surface area contributed by atoms with Crippen molar-refractivity contribution in [2.75, 3.05) is 32.1 Å². The molecule has 5 heteroatoms. The van der Waals surface area contributed by atoms with Crippen molar-refractivity contribution in [1.29, 1.82) is 0 Å². The van der Waals surface area contributed by atoms with Crippen LogP contribution < -0.4 is 5.32 Å². The smallest absolute Gasteiger partial charge is 0.227 e. The maximum atomic E-state index is 11.9. The van der Waals surface area contributed by atoms with Gasteiger partial charge in [0.2, 0.25) is 11.8 Å². The van der Waals surface area contributed by atoms with E-state index >= 15 is 0 Å². The van der Waals surface area contributed by atoms with Crippen molar-refractivity contribution < 1.29 is 9.59 Å². The van der Waals surface area contributed by atoms with Crippen molar-refractivity contribution in [3.63, 3.8) is 0 Å². The Morgan fingerprint density at radius 3 is 2.93 bits per heavy atom. The van der Waals surface area contributed by atoms with E-state index in [-0.39, 0.29) is 17.7 Å². The second-order valence-electron chi connectivity index (χ2n) is 3.79. The lowest BCUT2D eigenvalue weighted by Gasteiger charge is -2.26. The Kier molecular flexibility index (Phi) is 4.94. The van der Waals surface area contributed by atoms with E-state index < -0.39 is 0 Å². The van der Waals surface area contributed by atoms with Gasteiger partial charge in [0.25, 0.3) is 0 Å². The summed E-state index contributed by atoms with van der Waals surface area (Å²) in [5.41, 5.74) is 0. The first-order valence-electron chi connectivity index (χ1n) is 5.15. The minimum atomic E-state index is -0.0189. The van der Waals surface area contributed by atoms with E-state index in [1.165, 1.54) is 0 Å². The minimum Gasteiger partial charge on any atom is -0.355 e. The van der Waals surface area contributed by atoms with Crippen LogP contribution in [0.15, 0.2) is 0 Å². The number of nitrogens with zero attached hydrogens (tertiary/aromatic N) is 1. The third kappa shape index (κ3) is 3.74. The molecule has 1 heterocycles. The van der Waals surface area contributed by atoms with Crippen LogP contribution in [0.2, 0.25) is 0 Å². The van der Waals surface area contributed by atoms with E-state index in [0.29, 0.717) is 19.4 Å². The zero-order valence-electron chi connectivity index (χ0n) is 9.28. The molecule has 1 N–H and O–H groups in total. The van der Waals surface area contributed by atoms with E-state index in [1.807, 2.05) is 13.3 Å². The van der Waals surface area contributed by atoms with Crippen molar-refractivity contribution in [3.8, 4) is 0 Å². The highest BCUT2D eigenvalue weighted by Crippen LogP contribution is 2.13. The van der Waals surface area contributed by atoms with Crippen LogP contribution in [0.5, 0.6) is 0 Å². The molecule has 0 saturated carbocycles. The molecule has 0 aromatic carbocycles. The second-order valence-corrected chi connectivity index (χ2v) is 4.78. The fourth-order valence-electron chi connectivity index (χ4n) is 1.59. The molecule has 1 aliphatic heterocycles. The Bertz CT molecular complexity index is 236. The second kappa shape index (κ2) is 6.00. The van der Waals surface area contributed by atoms with Crippen LogP contribution in [0.25, 0.3) is 0 Å². The third-order valence-electron chi connectivity index (χ3n) is 2.62. The van der Waals surface area contributed by atoms with E-state index in [2.05, 4.69) is 5.32 Å². The van der Waals surface area contributed by atoms with Gasteiger partial charge in [0.1, 0.15) is 0 Å². The molecule has 0 aromatic heterocycles. The van der Waals surface area contributed by atoms with Crippen LogP contribution in [0.3, 0.4) is 0 Å². The van der Waals surface area contributed by atoms with Gasteiger partial charge < -0.3 is 10.2 Å². The van der Waals surface area contributed by atoms with Gasteiger partial charge in [0.15, 0.2) is 0 Å². The number of hydrogen-bond donors (Lipinski definition) is 1. The topological polar surface area (TPSA) is 49.4 Å². The first kappa shape index (κ1) is 12.4. The number of hydrogen-bond acceptors (Lipinski definition) is 3.